The summed E-state index contributed by atoms with van der Waals surface area (Å²) in [5.41, 5.74) is 1.92. The van der Waals surface area contributed by atoms with E-state index in [1.54, 1.807) is 29.6 Å². The Morgan fingerprint density at radius 1 is 1.15 bits per heavy atom. The van der Waals surface area contributed by atoms with Gasteiger partial charge in [-0.15, -0.1) is 11.3 Å². The molecule has 8 nitrogen and oxygen atoms in total. The molecule has 0 radical (unpaired) electrons. The van der Waals surface area contributed by atoms with Gasteiger partial charge in [0.25, 0.3) is 5.91 Å². The van der Waals surface area contributed by atoms with Crippen LogP contribution in [0.15, 0.2) is 52.8 Å². The number of aromatic amines is 1. The van der Waals surface area contributed by atoms with E-state index in [0.717, 1.165) is 11.8 Å². The van der Waals surface area contributed by atoms with Gasteiger partial charge in [0.1, 0.15) is 0 Å². The topological polar surface area (TPSA) is 121 Å². The van der Waals surface area contributed by atoms with E-state index in [2.05, 4.69) is 20.0 Å². The first-order chi connectivity index (χ1) is 12.3. The van der Waals surface area contributed by atoms with Gasteiger partial charge < -0.3 is 4.98 Å². The van der Waals surface area contributed by atoms with Gasteiger partial charge in [-0.25, -0.2) is 13.4 Å². The van der Waals surface area contributed by atoms with Crippen LogP contribution in [-0.2, 0) is 10.0 Å². The lowest BCUT2D eigenvalue weighted by Crippen LogP contribution is -2.14. The zero-order valence-electron chi connectivity index (χ0n) is 13.5. The van der Waals surface area contributed by atoms with Crippen molar-refractivity contribution in [2.45, 2.75) is 0 Å². The van der Waals surface area contributed by atoms with Crippen LogP contribution in [0.25, 0.3) is 11.3 Å². The monoisotopic (exact) mass is 390 g/mol. The van der Waals surface area contributed by atoms with Crippen LogP contribution in [-0.4, -0.2) is 30.5 Å². The molecule has 3 aromatic rings. The molecule has 3 rings (SSSR count). The number of hydrogen-bond acceptors (Lipinski definition) is 6. The largest absolute Gasteiger partial charge is 0.328 e. The third-order valence-corrected chi connectivity index (χ3v) is 4.62. The number of pyridine rings is 1. The van der Waals surface area contributed by atoms with Crippen molar-refractivity contribution in [1.82, 2.24) is 9.97 Å². The summed E-state index contributed by atoms with van der Waals surface area (Å²) in [6, 6.07) is 9.43. The predicted octanol–water partition coefficient (Wildman–Crippen LogP) is 2.12. The zero-order valence-corrected chi connectivity index (χ0v) is 15.1. The number of thiazole rings is 1. The van der Waals surface area contributed by atoms with Crippen molar-refractivity contribution >= 4 is 38.1 Å². The van der Waals surface area contributed by atoms with Gasteiger partial charge in [-0.05, 0) is 18.2 Å². The molecule has 134 valence electrons. The van der Waals surface area contributed by atoms with E-state index in [-0.39, 0.29) is 11.5 Å². The maximum absolute atomic E-state index is 12.1. The molecular formula is C16H14N4O4S2. The molecule has 1 amide bonds. The van der Waals surface area contributed by atoms with Gasteiger partial charge >= 0.3 is 0 Å². The van der Waals surface area contributed by atoms with Crippen LogP contribution < -0.4 is 15.6 Å². The summed E-state index contributed by atoms with van der Waals surface area (Å²) in [7, 11) is -3.33. The van der Waals surface area contributed by atoms with Gasteiger partial charge in [-0.3, -0.25) is 19.6 Å². The second kappa shape index (κ2) is 7.10. The summed E-state index contributed by atoms with van der Waals surface area (Å²) in [6.07, 6.45) is 2.42. The number of hydrogen-bond donors (Lipinski definition) is 3. The minimum Gasteiger partial charge on any atom is -0.328 e. The van der Waals surface area contributed by atoms with Gasteiger partial charge in [-0.2, -0.15) is 0 Å². The summed E-state index contributed by atoms with van der Waals surface area (Å²) in [5.74, 6) is -0.380. The Kier molecular flexibility index (Phi) is 4.87. The van der Waals surface area contributed by atoms with Crippen LogP contribution in [0.2, 0.25) is 0 Å². The molecule has 0 aliphatic heterocycles. The lowest BCUT2D eigenvalue weighted by atomic mass is 10.1. The molecule has 0 fully saturated rings. The Morgan fingerprint density at radius 2 is 1.88 bits per heavy atom. The minimum atomic E-state index is -3.33. The van der Waals surface area contributed by atoms with E-state index in [1.807, 2.05) is 0 Å². The normalized spacial score (nSPS) is 11.1. The van der Waals surface area contributed by atoms with E-state index in [4.69, 9.17) is 0 Å². The maximum Gasteiger partial charge on any atom is 0.258 e. The second-order valence-electron chi connectivity index (χ2n) is 5.39. The number of anilines is 2. The predicted molar refractivity (Wildman–Crippen MR) is 101 cm³/mol. The molecule has 0 saturated heterocycles. The average Bonchev–Trinajstić information content (AvgIpc) is 3.03. The van der Waals surface area contributed by atoms with Crippen LogP contribution in [0.4, 0.5) is 10.8 Å². The lowest BCUT2D eigenvalue weighted by Gasteiger charge is -2.04. The molecule has 2 heterocycles. The molecule has 0 unspecified atom stereocenters. The molecule has 3 N–H and O–H groups in total. The molecule has 0 bridgehead atoms. The SMILES string of the molecule is CS(=O)(=O)Nc1ccc(-c2csc(NC(=O)c3ccc(=O)[nH]c3)n2)cc1. The van der Waals surface area contributed by atoms with Crippen molar-refractivity contribution in [3.05, 3.63) is 63.9 Å². The molecule has 0 spiro atoms. The Morgan fingerprint density at radius 3 is 2.50 bits per heavy atom. The second-order valence-corrected chi connectivity index (χ2v) is 7.99. The van der Waals surface area contributed by atoms with Crippen LogP contribution in [0.1, 0.15) is 10.4 Å². The van der Waals surface area contributed by atoms with Gasteiger partial charge in [0, 0.05) is 28.9 Å². The summed E-state index contributed by atoms with van der Waals surface area (Å²) in [4.78, 5) is 29.9. The Hall–Kier alpha value is -2.98. The summed E-state index contributed by atoms with van der Waals surface area (Å²) >= 11 is 1.26. The number of aromatic nitrogens is 2. The average molecular weight is 390 g/mol. The smallest absolute Gasteiger partial charge is 0.258 e. The van der Waals surface area contributed by atoms with E-state index < -0.39 is 10.0 Å². The van der Waals surface area contributed by atoms with Gasteiger partial charge in [-0.1, -0.05) is 12.1 Å². The van der Waals surface area contributed by atoms with Crippen molar-refractivity contribution in [2.75, 3.05) is 16.3 Å². The molecule has 0 atom stereocenters. The standard InChI is InChI=1S/C16H14N4O4S2/c1-26(23,24)20-12-5-2-10(3-6-12)13-9-25-16(18-13)19-15(22)11-4-7-14(21)17-8-11/h2-9,20H,1H3,(H,17,21)(H,18,19,22). The molecule has 0 aliphatic carbocycles. The molecule has 0 aliphatic rings. The van der Waals surface area contributed by atoms with Gasteiger partial charge in [0.2, 0.25) is 15.6 Å². The third kappa shape index (κ3) is 4.55. The minimum absolute atomic E-state index is 0.285. The first kappa shape index (κ1) is 17.8. The van der Waals surface area contributed by atoms with Gasteiger partial charge in [0.05, 0.1) is 17.5 Å². The van der Waals surface area contributed by atoms with E-state index >= 15 is 0 Å². The molecule has 0 saturated carbocycles. The van der Waals surface area contributed by atoms with E-state index in [9.17, 15) is 18.0 Å². The van der Waals surface area contributed by atoms with Crippen LogP contribution in [0, 0.1) is 0 Å². The number of carbonyl (C=O) groups excluding carboxylic acids is 1. The van der Waals surface area contributed by atoms with Crippen molar-refractivity contribution < 1.29 is 13.2 Å². The molecular weight excluding hydrogens is 376 g/mol. The number of nitrogens with zero attached hydrogens (tertiary/aromatic N) is 1. The van der Waals surface area contributed by atoms with Gasteiger partial charge in [0.15, 0.2) is 5.13 Å². The maximum atomic E-state index is 12.1. The highest BCUT2D eigenvalue weighted by molar-refractivity contribution is 7.92. The van der Waals surface area contributed by atoms with E-state index in [0.29, 0.717) is 22.1 Å². The van der Waals surface area contributed by atoms with Crippen LogP contribution >= 0.6 is 11.3 Å². The van der Waals surface area contributed by atoms with Crippen LogP contribution in [0.3, 0.4) is 0 Å². The molecule has 2 aromatic heterocycles. The molecule has 10 heteroatoms. The Labute approximate surface area is 153 Å². The number of nitrogens with one attached hydrogen (secondary N) is 3. The highest BCUT2D eigenvalue weighted by Gasteiger charge is 2.10. The van der Waals surface area contributed by atoms with Crippen LogP contribution in [0.5, 0.6) is 0 Å². The Bertz CT molecular complexity index is 1080. The quantitative estimate of drug-likeness (QED) is 0.616. The lowest BCUT2D eigenvalue weighted by molar-refractivity contribution is 0.102. The van der Waals surface area contributed by atoms with Crippen molar-refractivity contribution in [1.29, 1.82) is 0 Å². The number of rotatable bonds is 5. The zero-order chi connectivity index (χ0) is 18.7. The Balaban J connectivity index is 1.72. The number of amides is 1. The first-order valence-corrected chi connectivity index (χ1v) is 10.1. The molecule has 1 aromatic carbocycles. The fraction of sp³-hybridized carbons (Fsp3) is 0.0625. The number of sulfonamides is 1. The number of carbonyl (C=O) groups is 1. The number of H-pyrrole nitrogens is 1. The van der Waals surface area contributed by atoms with Crippen molar-refractivity contribution in [3.63, 3.8) is 0 Å². The summed E-state index contributed by atoms with van der Waals surface area (Å²) in [5, 5.41) is 4.86. The van der Waals surface area contributed by atoms with Crippen molar-refractivity contribution in [3.8, 4) is 11.3 Å². The third-order valence-electron chi connectivity index (χ3n) is 3.25. The first-order valence-electron chi connectivity index (χ1n) is 7.34. The fourth-order valence-corrected chi connectivity index (χ4v) is 3.39. The highest BCUT2D eigenvalue weighted by Crippen LogP contribution is 2.26. The molecule has 26 heavy (non-hydrogen) atoms. The number of benzene rings is 1. The fourth-order valence-electron chi connectivity index (χ4n) is 2.11. The van der Waals surface area contributed by atoms with Crippen molar-refractivity contribution in [2.24, 2.45) is 0 Å². The summed E-state index contributed by atoms with van der Waals surface area (Å²) in [6.45, 7) is 0. The van der Waals surface area contributed by atoms with E-state index in [1.165, 1.54) is 29.7 Å². The highest BCUT2D eigenvalue weighted by atomic mass is 32.2. The summed E-state index contributed by atoms with van der Waals surface area (Å²) < 4.78 is 24.8.